The predicted molar refractivity (Wildman–Crippen MR) is 101 cm³/mol. The van der Waals surface area contributed by atoms with Gasteiger partial charge in [0.1, 0.15) is 0 Å². The first kappa shape index (κ1) is 21.4. The molecule has 0 aliphatic rings. The highest BCUT2D eigenvalue weighted by Crippen LogP contribution is 2.06. The third-order valence-corrected chi connectivity index (χ3v) is 3.65. The lowest BCUT2D eigenvalue weighted by Crippen LogP contribution is -2.08. The van der Waals surface area contributed by atoms with E-state index in [1.165, 1.54) is 25.7 Å². The van der Waals surface area contributed by atoms with Crippen LogP contribution in [0.25, 0.3) is 0 Å². The zero-order chi connectivity index (χ0) is 17.2. The Bertz CT molecular complexity index is 389. The summed E-state index contributed by atoms with van der Waals surface area (Å²) in [5.74, 6) is -0.957. The van der Waals surface area contributed by atoms with Crippen molar-refractivity contribution in [3.8, 4) is 0 Å². The molecule has 0 aromatic heterocycles. The van der Waals surface area contributed by atoms with Gasteiger partial charge in [0.25, 0.3) is 0 Å². The van der Waals surface area contributed by atoms with Gasteiger partial charge >= 0.3 is 5.97 Å². The monoisotopic (exact) mass is 318 g/mol. The van der Waals surface area contributed by atoms with Gasteiger partial charge in [0.05, 0.1) is 5.92 Å². The van der Waals surface area contributed by atoms with E-state index in [4.69, 9.17) is 5.11 Å². The maximum Gasteiger partial charge on any atom is 0.306 e. The van der Waals surface area contributed by atoms with E-state index in [1.54, 1.807) is 6.92 Å². The normalized spacial score (nSPS) is 13.8. The molecule has 23 heavy (non-hydrogen) atoms. The summed E-state index contributed by atoms with van der Waals surface area (Å²) in [5, 5.41) is 8.76. The molecule has 0 amide bonds. The van der Waals surface area contributed by atoms with Crippen molar-refractivity contribution in [3.05, 3.63) is 48.6 Å². The fourth-order valence-electron chi connectivity index (χ4n) is 2.03. The molecule has 0 radical (unpaired) electrons. The predicted octanol–water partition coefficient (Wildman–Crippen LogP) is 6.46. The first-order valence-electron chi connectivity index (χ1n) is 9.01. The Kier molecular flexibility index (Phi) is 15.6. The van der Waals surface area contributed by atoms with Gasteiger partial charge in [0, 0.05) is 0 Å². The Balaban J connectivity index is 3.49. The minimum atomic E-state index is -0.708. The lowest BCUT2D eigenvalue weighted by molar-refractivity contribution is -0.141. The molecule has 1 atom stereocenters. The molecule has 0 heterocycles. The van der Waals surface area contributed by atoms with Gasteiger partial charge in [-0.25, -0.2) is 0 Å². The fraction of sp³-hybridized carbons (Fsp3) is 0.571. The van der Waals surface area contributed by atoms with Gasteiger partial charge in [-0.05, 0) is 44.9 Å². The Morgan fingerprint density at radius 1 is 0.826 bits per heavy atom. The second-order valence-corrected chi connectivity index (χ2v) is 5.91. The van der Waals surface area contributed by atoms with E-state index in [0.29, 0.717) is 6.42 Å². The average molecular weight is 319 g/mol. The summed E-state index contributed by atoms with van der Waals surface area (Å²) in [5.41, 5.74) is 0. The van der Waals surface area contributed by atoms with Crippen LogP contribution in [0.1, 0.15) is 71.6 Å². The van der Waals surface area contributed by atoms with Crippen molar-refractivity contribution in [3.63, 3.8) is 0 Å². The molecule has 2 heteroatoms. The van der Waals surface area contributed by atoms with Crippen molar-refractivity contribution in [2.24, 2.45) is 5.92 Å². The summed E-state index contributed by atoms with van der Waals surface area (Å²) in [4.78, 5) is 10.6. The van der Waals surface area contributed by atoms with Gasteiger partial charge in [-0.3, -0.25) is 4.79 Å². The van der Waals surface area contributed by atoms with Crippen LogP contribution in [0.4, 0.5) is 0 Å². The summed E-state index contributed by atoms with van der Waals surface area (Å²) in [7, 11) is 0. The maximum atomic E-state index is 10.6. The van der Waals surface area contributed by atoms with Crippen molar-refractivity contribution in [2.45, 2.75) is 71.6 Å². The summed E-state index contributed by atoms with van der Waals surface area (Å²) in [6.07, 6.45) is 27.1. The standard InChI is InChI=1S/C21H34O2/c1-3-4-5-6-7-8-9-10-11-12-13-14-15-16-17-18-19-20(2)21(22)23/h7-8,10-11,13-14,16-17,20H,3-6,9,12,15,18-19H2,1-2H3,(H,22,23). The Labute approximate surface area is 142 Å². The SMILES string of the molecule is CCCCCC=CCC=CCC=CCC=CCCC(C)C(=O)O. The van der Waals surface area contributed by atoms with E-state index in [-0.39, 0.29) is 5.92 Å². The molecule has 2 nitrogen and oxygen atoms in total. The number of carboxylic acids is 1. The van der Waals surface area contributed by atoms with Crippen LogP contribution in [0.3, 0.4) is 0 Å². The number of aliphatic carboxylic acids is 1. The van der Waals surface area contributed by atoms with Crippen molar-refractivity contribution in [1.29, 1.82) is 0 Å². The molecular formula is C21H34O2. The quantitative estimate of drug-likeness (QED) is 0.294. The minimum Gasteiger partial charge on any atom is -0.481 e. The van der Waals surface area contributed by atoms with E-state index in [1.807, 2.05) is 0 Å². The number of hydrogen-bond donors (Lipinski definition) is 1. The van der Waals surface area contributed by atoms with E-state index in [0.717, 1.165) is 25.7 Å². The third-order valence-electron chi connectivity index (χ3n) is 3.65. The summed E-state index contributed by atoms with van der Waals surface area (Å²) in [6.45, 7) is 3.98. The van der Waals surface area contributed by atoms with Gasteiger partial charge in [0.15, 0.2) is 0 Å². The summed E-state index contributed by atoms with van der Waals surface area (Å²) < 4.78 is 0. The molecule has 0 aromatic carbocycles. The van der Waals surface area contributed by atoms with Crippen LogP contribution in [0.2, 0.25) is 0 Å². The number of allylic oxidation sites excluding steroid dienone is 8. The van der Waals surface area contributed by atoms with Crippen molar-refractivity contribution < 1.29 is 9.90 Å². The average Bonchev–Trinajstić information content (AvgIpc) is 2.54. The molecule has 0 aromatic rings. The molecule has 0 spiro atoms. The van der Waals surface area contributed by atoms with Crippen molar-refractivity contribution in [2.75, 3.05) is 0 Å². The summed E-state index contributed by atoms with van der Waals surface area (Å²) in [6, 6.07) is 0. The lowest BCUT2D eigenvalue weighted by atomic mass is 10.1. The fourth-order valence-corrected chi connectivity index (χ4v) is 2.03. The molecule has 0 rings (SSSR count). The zero-order valence-electron chi connectivity index (χ0n) is 14.9. The van der Waals surface area contributed by atoms with E-state index < -0.39 is 5.97 Å². The molecule has 0 bridgehead atoms. The van der Waals surface area contributed by atoms with Crippen LogP contribution in [-0.4, -0.2) is 11.1 Å². The third kappa shape index (κ3) is 16.6. The molecule has 0 saturated heterocycles. The van der Waals surface area contributed by atoms with E-state index in [2.05, 4.69) is 55.5 Å². The second kappa shape index (κ2) is 16.8. The number of hydrogen-bond acceptors (Lipinski definition) is 1. The number of unbranched alkanes of at least 4 members (excludes halogenated alkanes) is 3. The van der Waals surface area contributed by atoms with Gasteiger partial charge in [-0.15, -0.1) is 0 Å². The van der Waals surface area contributed by atoms with Crippen molar-refractivity contribution >= 4 is 5.97 Å². The first-order chi connectivity index (χ1) is 11.2. The van der Waals surface area contributed by atoms with Crippen LogP contribution < -0.4 is 0 Å². The van der Waals surface area contributed by atoms with Crippen molar-refractivity contribution in [1.82, 2.24) is 0 Å². The van der Waals surface area contributed by atoms with E-state index in [9.17, 15) is 4.79 Å². The first-order valence-corrected chi connectivity index (χ1v) is 9.01. The molecule has 1 unspecified atom stereocenters. The number of carboxylic acid groups (broad SMARTS) is 1. The molecule has 0 aliphatic heterocycles. The zero-order valence-corrected chi connectivity index (χ0v) is 14.9. The summed E-state index contributed by atoms with van der Waals surface area (Å²) >= 11 is 0. The molecular weight excluding hydrogens is 284 g/mol. The molecule has 0 aliphatic carbocycles. The maximum absolute atomic E-state index is 10.6. The topological polar surface area (TPSA) is 37.3 Å². The van der Waals surface area contributed by atoms with Gasteiger partial charge in [0.2, 0.25) is 0 Å². The smallest absolute Gasteiger partial charge is 0.306 e. The van der Waals surface area contributed by atoms with Gasteiger partial charge in [-0.1, -0.05) is 75.3 Å². The van der Waals surface area contributed by atoms with Crippen LogP contribution in [-0.2, 0) is 4.79 Å². The molecule has 130 valence electrons. The highest BCUT2D eigenvalue weighted by atomic mass is 16.4. The number of rotatable bonds is 14. The van der Waals surface area contributed by atoms with Crippen LogP contribution in [0, 0.1) is 5.92 Å². The Morgan fingerprint density at radius 3 is 1.78 bits per heavy atom. The minimum absolute atomic E-state index is 0.249. The Hall–Kier alpha value is -1.57. The highest BCUT2D eigenvalue weighted by molar-refractivity contribution is 5.69. The van der Waals surface area contributed by atoms with Crippen LogP contribution in [0.15, 0.2) is 48.6 Å². The Morgan fingerprint density at radius 2 is 1.30 bits per heavy atom. The van der Waals surface area contributed by atoms with Gasteiger partial charge in [-0.2, -0.15) is 0 Å². The molecule has 0 saturated carbocycles. The largest absolute Gasteiger partial charge is 0.481 e. The molecule has 1 N–H and O–H groups in total. The second-order valence-electron chi connectivity index (χ2n) is 5.91. The lowest BCUT2D eigenvalue weighted by Gasteiger charge is -2.01. The van der Waals surface area contributed by atoms with Crippen LogP contribution in [0.5, 0.6) is 0 Å². The van der Waals surface area contributed by atoms with E-state index >= 15 is 0 Å². The molecule has 0 fully saturated rings. The van der Waals surface area contributed by atoms with Gasteiger partial charge < -0.3 is 5.11 Å². The van der Waals surface area contributed by atoms with Crippen LogP contribution >= 0.6 is 0 Å². The number of carbonyl (C=O) groups is 1. The highest BCUT2D eigenvalue weighted by Gasteiger charge is 2.08.